The maximum atomic E-state index is 6.28. The van der Waals surface area contributed by atoms with Gasteiger partial charge in [-0.2, -0.15) is 4.98 Å². The standard InChI is InChI=1S/C26H21ClN4O2S/c1-16-22(25-29-24(30-33-25)17-8-4-3-5-9-17)23(18-10-6-13-21(14-18)32-2)28-26(34)31(16)20-12-7-11-19(27)15-20/h3-15,23H,1-2H3,(H,28,34). The highest BCUT2D eigenvalue weighted by molar-refractivity contribution is 7.80. The van der Waals surface area contributed by atoms with Crippen LogP contribution in [0.2, 0.25) is 5.02 Å². The van der Waals surface area contributed by atoms with E-state index in [4.69, 9.17) is 38.1 Å². The monoisotopic (exact) mass is 488 g/mol. The van der Waals surface area contributed by atoms with Crippen molar-refractivity contribution in [1.82, 2.24) is 15.5 Å². The van der Waals surface area contributed by atoms with E-state index in [1.54, 1.807) is 7.11 Å². The van der Waals surface area contributed by atoms with Gasteiger partial charge in [0.15, 0.2) is 5.11 Å². The molecule has 6 nitrogen and oxygen atoms in total. The lowest BCUT2D eigenvalue weighted by Crippen LogP contribution is -2.46. The van der Waals surface area contributed by atoms with Crippen LogP contribution in [0.15, 0.2) is 89.1 Å². The van der Waals surface area contributed by atoms with Crippen molar-refractivity contribution in [2.24, 2.45) is 0 Å². The Balaban J connectivity index is 1.67. The summed E-state index contributed by atoms with van der Waals surface area (Å²) in [6.45, 7) is 1.99. The van der Waals surface area contributed by atoms with Crippen LogP contribution in [-0.2, 0) is 0 Å². The highest BCUT2D eigenvalue weighted by Crippen LogP contribution is 2.40. The maximum absolute atomic E-state index is 6.28. The molecule has 0 saturated heterocycles. The molecule has 1 aliphatic heterocycles. The molecule has 3 aromatic carbocycles. The molecule has 0 bridgehead atoms. The summed E-state index contributed by atoms with van der Waals surface area (Å²) in [6.07, 6.45) is 0. The second kappa shape index (κ2) is 9.29. The van der Waals surface area contributed by atoms with Crippen molar-refractivity contribution in [2.75, 3.05) is 12.0 Å². The van der Waals surface area contributed by atoms with Gasteiger partial charge in [-0.25, -0.2) is 0 Å². The largest absolute Gasteiger partial charge is 0.497 e. The molecule has 0 amide bonds. The first-order chi connectivity index (χ1) is 16.5. The van der Waals surface area contributed by atoms with Crippen LogP contribution in [0.1, 0.15) is 24.4 Å². The number of halogens is 1. The summed E-state index contributed by atoms with van der Waals surface area (Å²) < 4.78 is 11.2. The first-order valence-electron chi connectivity index (χ1n) is 10.7. The Bertz CT molecular complexity index is 1390. The number of hydrogen-bond acceptors (Lipinski definition) is 5. The molecule has 1 atom stereocenters. The first-order valence-corrected chi connectivity index (χ1v) is 11.4. The van der Waals surface area contributed by atoms with E-state index in [9.17, 15) is 0 Å². The molecule has 34 heavy (non-hydrogen) atoms. The second-order valence-electron chi connectivity index (χ2n) is 7.76. The first kappa shape index (κ1) is 22.1. The summed E-state index contributed by atoms with van der Waals surface area (Å²) >= 11 is 12.1. The van der Waals surface area contributed by atoms with Crippen molar-refractivity contribution >= 4 is 40.2 Å². The summed E-state index contributed by atoms with van der Waals surface area (Å²) in [7, 11) is 1.64. The topological polar surface area (TPSA) is 63.4 Å². The van der Waals surface area contributed by atoms with Crippen LogP contribution in [0.4, 0.5) is 5.69 Å². The Labute approximate surface area is 207 Å². The highest BCUT2D eigenvalue weighted by atomic mass is 35.5. The van der Waals surface area contributed by atoms with E-state index < -0.39 is 0 Å². The zero-order valence-electron chi connectivity index (χ0n) is 18.5. The van der Waals surface area contributed by atoms with Gasteiger partial charge in [-0.1, -0.05) is 65.3 Å². The summed E-state index contributed by atoms with van der Waals surface area (Å²) in [5, 5.41) is 8.86. The summed E-state index contributed by atoms with van der Waals surface area (Å²) in [5.74, 6) is 1.67. The lowest BCUT2D eigenvalue weighted by molar-refractivity contribution is 0.403. The molecule has 170 valence electrons. The molecule has 0 aliphatic carbocycles. The number of anilines is 1. The summed E-state index contributed by atoms with van der Waals surface area (Å²) in [6, 6.07) is 24.8. The molecule has 1 aromatic heterocycles. The minimum Gasteiger partial charge on any atom is -0.497 e. The molecule has 0 spiro atoms. The number of hydrogen-bond donors (Lipinski definition) is 1. The van der Waals surface area contributed by atoms with Gasteiger partial charge in [0, 0.05) is 22.0 Å². The zero-order valence-corrected chi connectivity index (χ0v) is 20.1. The van der Waals surface area contributed by atoms with Crippen molar-refractivity contribution in [2.45, 2.75) is 13.0 Å². The number of ether oxygens (including phenoxy) is 1. The number of methoxy groups -OCH3 is 1. The Kier molecular flexibility index (Phi) is 6.04. The van der Waals surface area contributed by atoms with Gasteiger partial charge in [0.05, 0.1) is 18.7 Å². The Hall–Kier alpha value is -3.68. The average Bonchev–Trinajstić information content (AvgIpc) is 3.34. The fourth-order valence-electron chi connectivity index (χ4n) is 4.05. The predicted octanol–water partition coefficient (Wildman–Crippen LogP) is 6.27. The number of thiocarbonyl (C=S) groups is 1. The molecule has 1 N–H and O–H groups in total. The van der Waals surface area contributed by atoms with Gasteiger partial charge in [0.25, 0.3) is 5.89 Å². The molecule has 0 saturated carbocycles. The fraction of sp³-hybridized carbons (Fsp3) is 0.115. The molecule has 2 heterocycles. The normalized spacial score (nSPS) is 15.9. The number of aromatic nitrogens is 2. The van der Waals surface area contributed by atoms with Crippen LogP contribution >= 0.6 is 23.8 Å². The Morgan fingerprint density at radius 2 is 1.82 bits per heavy atom. The molecule has 1 aliphatic rings. The van der Waals surface area contributed by atoms with Crippen molar-refractivity contribution in [3.05, 3.63) is 101 Å². The van der Waals surface area contributed by atoms with Gasteiger partial charge >= 0.3 is 0 Å². The van der Waals surface area contributed by atoms with Crippen LogP contribution in [0.5, 0.6) is 5.75 Å². The molecular formula is C26H21ClN4O2S. The van der Waals surface area contributed by atoms with Crippen LogP contribution in [-0.4, -0.2) is 22.4 Å². The lowest BCUT2D eigenvalue weighted by Gasteiger charge is -2.37. The van der Waals surface area contributed by atoms with E-state index in [1.165, 1.54) is 0 Å². The second-order valence-corrected chi connectivity index (χ2v) is 8.59. The van der Waals surface area contributed by atoms with E-state index in [1.807, 2.05) is 90.7 Å². The van der Waals surface area contributed by atoms with E-state index in [-0.39, 0.29) is 6.04 Å². The average molecular weight is 489 g/mol. The van der Waals surface area contributed by atoms with E-state index in [0.29, 0.717) is 21.9 Å². The van der Waals surface area contributed by atoms with Gasteiger partial charge in [-0.05, 0) is 55.0 Å². The maximum Gasteiger partial charge on any atom is 0.258 e. The minimum absolute atomic E-state index is 0.317. The number of nitrogens with zero attached hydrogens (tertiary/aromatic N) is 3. The van der Waals surface area contributed by atoms with Gasteiger partial charge in [0.2, 0.25) is 5.82 Å². The van der Waals surface area contributed by atoms with E-state index in [0.717, 1.165) is 33.8 Å². The third-order valence-corrected chi connectivity index (χ3v) is 6.20. The van der Waals surface area contributed by atoms with Crippen molar-refractivity contribution in [1.29, 1.82) is 0 Å². The highest BCUT2D eigenvalue weighted by Gasteiger charge is 2.35. The van der Waals surface area contributed by atoms with Crippen LogP contribution in [0.25, 0.3) is 17.0 Å². The summed E-state index contributed by atoms with van der Waals surface area (Å²) in [4.78, 5) is 6.67. The SMILES string of the molecule is COc1cccc(C2NC(=S)N(c3cccc(Cl)c3)C(C)=C2c2nc(-c3ccccc3)no2)c1. The summed E-state index contributed by atoms with van der Waals surface area (Å²) in [5.41, 5.74) is 4.35. The lowest BCUT2D eigenvalue weighted by atomic mass is 9.94. The van der Waals surface area contributed by atoms with Gasteiger partial charge in [-0.3, -0.25) is 4.90 Å². The van der Waals surface area contributed by atoms with Crippen molar-refractivity contribution in [3.63, 3.8) is 0 Å². The Morgan fingerprint density at radius 1 is 1.03 bits per heavy atom. The number of nitrogens with one attached hydrogen (secondary N) is 1. The van der Waals surface area contributed by atoms with Crippen LogP contribution < -0.4 is 15.0 Å². The van der Waals surface area contributed by atoms with Gasteiger partial charge < -0.3 is 14.6 Å². The molecule has 5 rings (SSSR count). The molecule has 0 fully saturated rings. The third kappa shape index (κ3) is 4.16. The number of allylic oxidation sites excluding steroid dienone is 1. The fourth-order valence-corrected chi connectivity index (χ4v) is 4.60. The van der Waals surface area contributed by atoms with E-state index >= 15 is 0 Å². The van der Waals surface area contributed by atoms with Gasteiger partial charge in [-0.15, -0.1) is 0 Å². The van der Waals surface area contributed by atoms with Gasteiger partial charge in [0.1, 0.15) is 5.75 Å². The number of benzene rings is 3. The van der Waals surface area contributed by atoms with Crippen molar-refractivity contribution in [3.8, 4) is 17.1 Å². The van der Waals surface area contributed by atoms with E-state index in [2.05, 4.69) is 10.5 Å². The van der Waals surface area contributed by atoms with Crippen LogP contribution in [0, 0.1) is 0 Å². The third-order valence-electron chi connectivity index (χ3n) is 5.67. The smallest absolute Gasteiger partial charge is 0.258 e. The minimum atomic E-state index is -0.317. The molecular weight excluding hydrogens is 468 g/mol. The predicted molar refractivity (Wildman–Crippen MR) is 138 cm³/mol. The molecule has 8 heteroatoms. The Morgan fingerprint density at radius 3 is 2.59 bits per heavy atom. The zero-order chi connectivity index (χ0) is 23.7. The number of rotatable bonds is 5. The van der Waals surface area contributed by atoms with Crippen LogP contribution in [0.3, 0.4) is 0 Å². The quantitative estimate of drug-likeness (QED) is 0.332. The van der Waals surface area contributed by atoms with Crippen molar-refractivity contribution < 1.29 is 9.26 Å². The molecule has 0 radical (unpaired) electrons. The molecule has 1 unspecified atom stereocenters. The molecule has 4 aromatic rings.